The van der Waals surface area contributed by atoms with Gasteiger partial charge in [-0.2, -0.15) is 22.6 Å². The summed E-state index contributed by atoms with van der Waals surface area (Å²) in [6, 6.07) is 2.44. The molecule has 1 fully saturated rings. The Hall–Kier alpha value is -2.78. The normalized spacial score (nSPS) is 26.2. The fourth-order valence-corrected chi connectivity index (χ4v) is 7.08. The van der Waals surface area contributed by atoms with E-state index < -0.39 is 51.0 Å². The monoisotopic (exact) mass is 530 g/mol. The average molecular weight is 531 g/mol. The number of hydrogen-bond acceptors (Lipinski definition) is 8. The predicted octanol–water partition coefficient (Wildman–Crippen LogP) is 3.68. The number of anilines is 1. The van der Waals surface area contributed by atoms with Crippen LogP contribution in [0.4, 0.5) is 22.7 Å². The summed E-state index contributed by atoms with van der Waals surface area (Å²) in [4.78, 5) is 5.07. The topological polar surface area (TPSA) is 102 Å². The van der Waals surface area contributed by atoms with Crippen LogP contribution in [-0.4, -0.2) is 51.8 Å². The maximum absolute atomic E-state index is 15.2. The van der Waals surface area contributed by atoms with Gasteiger partial charge in [0.05, 0.1) is 23.7 Å². The first kappa shape index (κ1) is 22.7. The Morgan fingerprint density at radius 2 is 2.09 bits per heavy atom. The van der Waals surface area contributed by atoms with Crippen LogP contribution in [0, 0.1) is 11.7 Å². The van der Waals surface area contributed by atoms with Gasteiger partial charge in [0.15, 0.2) is 0 Å². The largest absolute Gasteiger partial charge is 0.491 e. The quantitative estimate of drug-likeness (QED) is 0.516. The summed E-state index contributed by atoms with van der Waals surface area (Å²) >= 11 is 0.801. The van der Waals surface area contributed by atoms with Gasteiger partial charge in [-0.3, -0.25) is 14.3 Å². The Morgan fingerprint density at radius 3 is 2.83 bits per heavy atom. The zero-order valence-corrected chi connectivity index (χ0v) is 19.4. The third-order valence-electron chi connectivity index (χ3n) is 6.85. The van der Waals surface area contributed by atoms with Crippen molar-refractivity contribution in [3.63, 3.8) is 0 Å². The summed E-state index contributed by atoms with van der Waals surface area (Å²) in [5.41, 5.74) is 1.04. The summed E-state index contributed by atoms with van der Waals surface area (Å²) < 4.78 is 94.8. The molecule has 3 aliphatic heterocycles. The van der Waals surface area contributed by atoms with Crippen molar-refractivity contribution in [2.24, 2.45) is 5.92 Å². The first-order valence-electron chi connectivity index (χ1n) is 10.7. The number of benzene rings is 1. The molecular weight excluding hydrogens is 512 g/mol. The number of rotatable bonds is 3. The Kier molecular flexibility index (Phi) is 5.09. The molecule has 0 bridgehead atoms. The van der Waals surface area contributed by atoms with Crippen LogP contribution in [0.5, 0.6) is 5.75 Å². The number of sulfonamides is 1. The third-order valence-corrected chi connectivity index (χ3v) is 8.91. The van der Waals surface area contributed by atoms with Gasteiger partial charge in [-0.1, -0.05) is 0 Å². The van der Waals surface area contributed by atoms with E-state index >= 15 is 4.39 Å². The number of nitrogens with one attached hydrogen (secondary N) is 1. The van der Waals surface area contributed by atoms with E-state index in [4.69, 9.17) is 4.74 Å². The highest BCUT2D eigenvalue weighted by atomic mass is 32.2. The van der Waals surface area contributed by atoms with Gasteiger partial charge in [-0.15, -0.1) is 0 Å². The molecule has 1 saturated heterocycles. The number of alkyl halides is 3. The van der Waals surface area contributed by atoms with Crippen molar-refractivity contribution < 1.29 is 30.7 Å². The Labute approximate surface area is 200 Å². The van der Waals surface area contributed by atoms with Crippen molar-refractivity contribution in [2.75, 3.05) is 17.9 Å². The molecule has 0 amide bonds. The highest BCUT2D eigenvalue weighted by Crippen LogP contribution is 2.54. The van der Waals surface area contributed by atoms with Gasteiger partial charge in [0.2, 0.25) is 5.13 Å². The van der Waals surface area contributed by atoms with Crippen molar-refractivity contribution in [1.82, 2.24) is 24.0 Å². The molecule has 0 aliphatic carbocycles. The number of nitrogens with zero attached hydrogens (tertiary/aromatic N) is 5. The molecule has 1 aromatic carbocycles. The summed E-state index contributed by atoms with van der Waals surface area (Å²) in [5, 5.41) is 4.31. The van der Waals surface area contributed by atoms with Crippen molar-refractivity contribution in [1.29, 1.82) is 0 Å². The predicted molar refractivity (Wildman–Crippen MR) is 115 cm³/mol. The smallest absolute Gasteiger partial charge is 0.391 e. The molecule has 1 unspecified atom stereocenters. The van der Waals surface area contributed by atoms with Gasteiger partial charge in [-0.25, -0.2) is 17.8 Å². The van der Waals surface area contributed by atoms with E-state index in [1.54, 1.807) is 10.7 Å². The molecule has 3 aromatic rings. The molecule has 4 atom stereocenters. The van der Waals surface area contributed by atoms with E-state index in [2.05, 4.69) is 19.2 Å². The van der Waals surface area contributed by atoms with Crippen LogP contribution in [-0.2, 0) is 10.0 Å². The highest BCUT2D eigenvalue weighted by Gasteiger charge is 2.52. The molecule has 35 heavy (non-hydrogen) atoms. The van der Waals surface area contributed by atoms with Gasteiger partial charge >= 0.3 is 6.18 Å². The Bertz CT molecular complexity index is 1380. The number of piperidine rings is 1. The van der Waals surface area contributed by atoms with E-state index in [9.17, 15) is 21.6 Å². The second-order valence-electron chi connectivity index (χ2n) is 8.71. The van der Waals surface area contributed by atoms with Crippen LogP contribution in [0.25, 0.3) is 0 Å². The Balaban J connectivity index is 1.40. The molecule has 186 valence electrons. The molecule has 2 aromatic heterocycles. The molecular formula is C20H18F4N6O3S2. The van der Waals surface area contributed by atoms with E-state index in [1.807, 2.05) is 4.90 Å². The lowest BCUT2D eigenvalue weighted by atomic mass is 9.82. The second kappa shape index (κ2) is 7.86. The van der Waals surface area contributed by atoms with Crippen LogP contribution in [0.1, 0.15) is 42.2 Å². The van der Waals surface area contributed by atoms with Crippen molar-refractivity contribution in [3.8, 4) is 5.75 Å². The molecule has 9 nitrogen and oxygen atoms in total. The van der Waals surface area contributed by atoms with E-state index in [0.29, 0.717) is 11.3 Å². The minimum absolute atomic E-state index is 0.0167. The fourth-order valence-electron chi connectivity index (χ4n) is 5.35. The van der Waals surface area contributed by atoms with E-state index in [-0.39, 0.29) is 36.9 Å². The maximum Gasteiger partial charge on any atom is 0.391 e. The SMILES string of the molecule is O=S(=O)(Nc1ncns1)c1cc2c(cc1F)[C@@H]1C(CO2)n2nccc2[C@@H]2C[C@H](C(F)(F)F)CCN12. The molecule has 15 heteroatoms. The molecule has 3 aliphatic rings. The Morgan fingerprint density at radius 1 is 1.26 bits per heavy atom. The number of ether oxygens (including phenoxy) is 1. The lowest BCUT2D eigenvalue weighted by molar-refractivity contribution is -0.195. The lowest BCUT2D eigenvalue weighted by Crippen LogP contribution is -2.51. The van der Waals surface area contributed by atoms with Crippen molar-refractivity contribution in [3.05, 3.63) is 47.8 Å². The van der Waals surface area contributed by atoms with Crippen LogP contribution in [0.2, 0.25) is 0 Å². The highest BCUT2D eigenvalue weighted by molar-refractivity contribution is 7.93. The lowest BCUT2D eigenvalue weighted by Gasteiger charge is -2.52. The molecule has 1 N–H and O–H groups in total. The van der Waals surface area contributed by atoms with Gasteiger partial charge in [0.25, 0.3) is 10.0 Å². The standard InChI is InChI=1S/C20H18F4N6O3S2/c21-12-6-11-16(7-17(12)35(31,32)28-19-25-9-27-34-19)33-8-15-18(11)29-4-2-10(20(22,23)24)5-14(29)13-1-3-26-30(13)15/h1,3,6-7,9-10,14-15,18H,2,4-5,8H2,(H,25,27,28)/t10-,14+,15?,18-/m1/s1. The number of halogens is 4. The average Bonchev–Trinajstić information content (AvgIpc) is 3.49. The van der Waals surface area contributed by atoms with Crippen LogP contribution < -0.4 is 9.46 Å². The summed E-state index contributed by atoms with van der Waals surface area (Å²) in [7, 11) is -4.32. The number of fused-ring (bicyclic) bond motifs is 8. The summed E-state index contributed by atoms with van der Waals surface area (Å²) in [6.07, 6.45) is -1.81. The van der Waals surface area contributed by atoms with Gasteiger partial charge in [0.1, 0.15) is 35.4 Å². The van der Waals surface area contributed by atoms with Gasteiger partial charge < -0.3 is 4.74 Å². The first-order valence-corrected chi connectivity index (χ1v) is 13.0. The first-order chi connectivity index (χ1) is 16.6. The zero-order valence-electron chi connectivity index (χ0n) is 17.8. The fraction of sp³-hybridized carbons (Fsp3) is 0.450. The van der Waals surface area contributed by atoms with Crippen molar-refractivity contribution >= 4 is 26.7 Å². The minimum Gasteiger partial charge on any atom is -0.491 e. The summed E-state index contributed by atoms with van der Waals surface area (Å²) in [5.74, 6) is -2.28. The molecule has 5 heterocycles. The molecule has 0 spiro atoms. The molecule has 0 saturated carbocycles. The van der Waals surface area contributed by atoms with Crippen LogP contribution in [0.15, 0.2) is 35.6 Å². The minimum atomic E-state index is -4.32. The van der Waals surface area contributed by atoms with Crippen LogP contribution >= 0.6 is 11.5 Å². The van der Waals surface area contributed by atoms with E-state index in [1.165, 1.54) is 12.5 Å². The van der Waals surface area contributed by atoms with Crippen LogP contribution in [0.3, 0.4) is 0 Å². The number of hydrogen-bond donors (Lipinski definition) is 1. The summed E-state index contributed by atoms with van der Waals surface area (Å²) in [6.45, 7) is 0.258. The molecule has 6 rings (SSSR count). The van der Waals surface area contributed by atoms with Gasteiger partial charge in [0, 0.05) is 35.9 Å². The maximum atomic E-state index is 15.2. The number of aromatic nitrogens is 4. The molecule has 0 radical (unpaired) electrons. The zero-order chi connectivity index (χ0) is 24.5. The third kappa shape index (κ3) is 3.67. The van der Waals surface area contributed by atoms with Gasteiger partial charge in [-0.05, 0) is 25.0 Å². The van der Waals surface area contributed by atoms with E-state index in [0.717, 1.165) is 23.7 Å². The second-order valence-corrected chi connectivity index (χ2v) is 11.1. The van der Waals surface area contributed by atoms with Crippen molar-refractivity contribution in [2.45, 2.75) is 42.0 Å².